The molecular formula is C38H41FN4O5. The highest BCUT2D eigenvalue weighted by Gasteiger charge is 2.55. The van der Waals surface area contributed by atoms with E-state index < -0.39 is 11.0 Å². The topological polar surface area (TPSA) is 86.1 Å². The minimum atomic E-state index is -0.640. The van der Waals surface area contributed by atoms with Gasteiger partial charge in [-0.25, -0.2) is 13.9 Å². The van der Waals surface area contributed by atoms with Crippen LogP contribution in [0.4, 0.5) is 14.9 Å². The average molecular weight is 653 g/mol. The number of benzene rings is 3. The Morgan fingerprint density at radius 1 is 1.02 bits per heavy atom. The molecule has 1 saturated heterocycles. The lowest BCUT2D eigenvalue weighted by Gasteiger charge is -2.37. The molecule has 7 rings (SSSR count). The first-order valence-corrected chi connectivity index (χ1v) is 16.6. The highest BCUT2D eigenvalue weighted by molar-refractivity contribution is 6.10. The van der Waals surface area contributed by atoms with Crippen LogP contribution in [-0.4, -0.2) is 58.6 Å². The Balaban J connectivity index is 1.28. The number of carbonyl (C=O) groups is 2. The zero-order chi connectivity index (χ0) is 33.6. The maximum absolute atomic E-state index is 15.0. The van der Waals surface area contributed by atoms with E-state index in [-0.39, 0.29) is 23.9 Å². The van der Waals surface area contributed by atoms with Crippen LogP contribution in [0.15, 0.2) is 72.9 Å². The average Bonchev–Trinajstić information content (AvgIpc) is 3.62. The van der Waals surface area contributed by atoms with Gasteiger partial charge in [0.05, 0.1) is 36.6 Å². The van der Waals surface area contributed by atoms with E-state index >= 15 is 0 Å². The van der Waals surface area contributed by atoms with Crippen LogP contribution in [0.3, 0.4) is 0 Å². The first kappa shape index (κ1) is 31.7. The first-order chi connectivity index (χ1) is 23.1. The Morgan fingerprint density at radius 2 is 1.75 bits per heavy atom. The summed E-state index contributed by atoms with van der Waals surface area (Å²) in [6.07, 6.45) is 4.83. The van der Waals surface area contributed by atoms with Crippen LogP contribution >= 0.6 is 0 Å². The lowest BCUT2D eigenvalue weighted by atomic mass is 9.65. The van der Waals surface area contributed by atoms with E-state index in [1.54, 1.807) is 41.1 Å². The van der Waals surface area contributed by atoms with E-state index in [0.29, 0.717) is 49.6 Å². The summed E-state index contributed by atoms with van der Waals surface area (Å²) < 4.78 is 34.4. The molecule has 3 aliphatic rings. The summed E-state index contributed by atoms with van der Waals surface area (Å²) in [5.41, 5.74) is 3.31. The van der Waals surface area contributed by atoms with Gasteiger partial charge in [0, 0.05) is 31.5 Å². The summed E-state index contributed by atoms with van der Waals surface area (Å²) in [4.78, 5) is 30.8. The van der Waals surface area contributed by atoms with Gasteiger partial charge in [-0.2, -0.15) is 5.10 Å². The summed E-state index contributed by atoms with van der Waals surface area (Å²) >= 11 is 0. The molecule has 4 aromatic rings. The molecule has 3 heterocycles. The smallest absolute Gasteiger partial charge is 0.410 e. The fraction of sp³-hybridized carbons (Fsp3) is 0.395. The van der Waals surface area contributed by atoms with Crippen molar-refractivity contribution in [1.29, 1.82) is 0 Å². The number of nitrogens with zero attached hydrogens (tertiary/aromatic N) is 4. The fourth-order valence-electron chi connectivity index (χ4n) is 7.04. The Kier molecular flexibility index (Phi) is 8.13. The van der Waals surface area contributed by atoms with Crippen LogP contribution in [0.25, 0.3) is 16.9 Å². The molecule has 1 aromatic heterocycles. The predicted octanol–water partition coefficient (Wildman–Crippen LogP) is 7.43. The molecule has 3 aromatic carbocycles. The number of fused-ring (bicyclic) bond motifs is 2. The number of anilines is 1. The number of aromatic nitrogens is 2. The Hall–Kier alpha value is -4.86. The lowest BCUT2D eigenvalue weighted by molar-refractivity contribution is -0.126. The van der Waals surface area contributed by atoms with Gasteiger partial charge in [-0.05, 0) is 87.2 Å². The Bertz CT molecular complexity index is 1830. The first-order valence-electron chi connectivity index (χ1n) is 16.6. The summed E-state index contributed by atoms with van der Waals surface area (Å²) in [5.74, 6) is 1.04. The third-order valence-corrected chi connectivity index (χ3v) is 9.63. The van der Waals surface area contributed by atoms with Gasteiger partial charge in [0.25, 0.3) is 0 Å². The molecule has 2 aliphatic heterocycles. The van der Waals surface area contributed by atoms with Crippen molar-refractivity contribution in [2.45, 2.75) is 76.5 Å². The van der Waals surface area contributed by atoms with Crippen molar-refractivity contribution >= 4 is 17.7 Å². The second kappa shape index (κ2) is 12.3. The van der Waals surface area contributed by atoms with Crippen LogP contribution < -0.4 is 14.4 Å². The van der Waals surface area contributed by atoms with E-state index in [0.717, 1.165) is 47.4 Å². The quantitative estimate of drug-likeness (QED) is 0.206. The lowest BCUT2D eigenvalue weighted by Crippen LogP contribution is -2.45. The minimum absolute atomic E-state index is 0.0731. The monoisotopic (exact) mass is 652 g/mol. The highest BCUT2D eigenvalue weighted by Crippen LogP contribution is 2.57. The number of hydrogen-bond acceptors (Lipinski definition) is 6. The molecule has 0 bridgehead atoms. The van der Waals surface area contributed by atoms with Crippen molar-refractivity contribution in [1.82, 2.24) is 14.7 Å². The Labute approximate surface area is 280 Å². The summed E-state index contributed by atoms with van der Waals surface area (Å²) in [6.45, 7) is 6.97. The number of rotatable bonds is 7. The summed E-state index contributed by atoms with van der Waals surface area (Å²) in [6, 6.07) is 20.2. The van der Waals surface area contributed by atoms with Gasteiger partial charge in [-0.1, -0.05) is 30.7 Å². The van der Waals surface area contributed by atoms with Gasteiger partial charge < -0.3 is 24.0 Å². The number of hydrogen-bond donors (Lipinski definition) is 0. The van der Waals surface area contributed by atoms with E-state index in [9.17, 15) is 14.0 Å². The van der Waals surface area contributed by atoms with Gasteiger partial charge in [-0.15, -0.1) is 0 Å². The van der Waals surface area contributed by atoms with Crippen molar-refractivity contribution in [3.05, 3.63) is 89.9 Å². The predicted molar refractivity (Wildman–Crippen MR) is 180 cm³/mol. The van der Waals surface area contributed by atoms with Crippen molar-refractivity contribution in [3.63, 3.8) is 0 Å². The fourth-order valence-corrected chi connectivity index (χ4v) is 7.04. The van der Waals surface area contributed by atoms with Crippen molar-refractivity contribution in [2.24, 2.45) is 0 Å². The molecule has 0 radical (unpaired) electrons. The molecule has 1 saturated carbocycles. The third kappa shape index (κ3) is 5.77. The third-order valence-electron chi connectivity index (χ3n) is 9.63. The van der Waals surface area contributed by atoms with Crippen molar-refractivity contribution in [3.8, 4) is 28.4 Å². The highest BCUT2D eigenvalue weighted by atomic mass is 19.1. The van der Waals surface area contributed by atoms with Gasteiger partial charge in [0.1, 0.15) is 34.7 Å². The zero-order valence-electron chi connectivity index (χ0n) is 27.9. The van der Waals surface area contributed by atoms with Crippen LogP contribution in [0.5, 0.6) is 11.5 Å². The van der Waals surface area contributed by atoms with Gasteiger partial charge in [0.2, 0.25) is 5.91 Å². The number of ether oxygens (including phenoxy) is 3. The van der Waals surface area contributed by atoms with Gasteiger partial charge >= 0.3 is 6.09 Å². The number of carbonyl (C=O) groups excluding carboxylic acids is 2. The van der Waals surface area contributed by atoms with Gasteiger partial charge in [0.15, 0.2) is 0 Å². The molecule has 1 aliphatic carbocycles. The summed E-state index contributed by atoms with van der Waals surface area (Å²) in [7, 11) is 1.63. The zero-order valence-corrected chi connectivity index (χ0v) is 27.9. The van der Waals surface area contributed by atoms with E-state index in [4.69, 9.17) is 14.2 Å². The molecule has 9 nitrogen and oxygen atoms in total. The maximum Gasteiger partial charge on any atom is 0.410 e. The van der Waals surface area contributed by atoms with Crippen molar-refractivity contribution < 1.29 is 28.2 Å². The standard InChI is InChI=1S/C38H41FN4O5/c1-37(2,3)48-36(45)41-20-15-28(16-21-41)47-33-23-26(31-14-19-40-43(31)32-9-6-5-8-30(32)39)22-29-34(33)42(35(44)38(29)17-7-18-38)24-25-10-12-27(46-4)13-11-25/h5-6,8-14,19,22-23,28H,7,15-18,20-21,24H2,1-4H3. The van der Waals surface area contributed by atoms with E-state index in [1.165, 1.54) is 6.07 Å². The molecule has 48 heavy (non-hydrogen) atoms. The van der Waals surface area contributed by atoms with Crippen LogP contribution in [0, 0.1) is 5.82 Å². The maximum atomic E-state index is 15.0. The molecule has 2 fully saturated rings. The van der Waals surface area contributed by atoms with Crippen LogP contribution in [0.2, 0.25) is 0 Å². The second-order valence-electron chi connectivity index (χ2n) is 13.9. The molecular weight excluding hydrogens is 611 g/mol. The number of likely N-dealkylation sites (tertiary alicyclic amines) is 1. The number of amides is 2. The Morgan fingerprint density at radius 3 is 2.40 bits per heavy atom. The number of halogens is 1. The van der Waals surface area contributed by atoms with E-state index in [1.807, 2.05) is 62.1 Å². The molecule has 0 unspecified atom stereocenters. The molecule has 0 N–H and O–H groups in total. The minimum Gasteiger partial charge on any atom is -0.497 e. The largest absolute Gasteiger partial charge is 0.497 e. The molecule has 1 spiro atoms. The van der Waals surface area contributed by atoms with E-state index in [2.05, 4.69) is 11.2 Å². The number of methoxy groups -OCH3 is 1. The molecule has 2 amide bonds. The summed E-state index contributed by atoms with van der Waals surface area (Å²) in [5, 5.41) is 4.48. The second-order valence-corrected chi connectivity index (χ2v) is 13.9. The van der Waals surface area contributed by atoms with Crippen molar-refractivity contribution in [2.75, 3.05) is 25.1 Å². The normalized spacial score (nSPS) is 17.3. The molecule has 0 atom stereocenters. The SMILES string of the molecule is COc1ccc(CN2C(=O)C3(CCC3)c3cc(-c4ccnn4-c4ccccc4F)cc(OC4CCN(C(=O)OC(C)(C)C)CC4)c32)cc1. The van der Waals surface area contributed by atoms with Gasteiger partial charge in [-0.3, -0.25) is 4.79 Å². The molecule has 250 valence electrons. The number of piperidine rings is 1. The molecule has 10 heteroatoms. The van der Waals surface area contributed by atoms with Crippen LogP contribution in [-0.2, 0) is 21.5 Å². The number of para-hydroxylation sites is 1. The van der Waals surface area contributed by atoms with Crippen LogP contribution in [0.1, 0.15) is 64.0 Å².